The van der Waals surface area contributed by atoms with Crippen molar-refractivity contribution in [1.29, 1.82) is 0 Å². The minimum absolute atomic E-state index is 0.137. The summed E-state index contributed by atoms with van der Waals surface area (Å²) >= 11 is 0. The molecule has 0 fully saturated rings. The van der Waals surface area contributed by atoms with Gasteiger partial charge in [-0.2, -0.15) is 0 Å². The minimum atomic E-state index is -0.742. The van der Waals surface area contributed by atoms with Crippen molar-refractivity contribution in [2.75, 3.05) is 0 Å². The quantitative estimate of drug-likeness (QED) is 0.864. The number of carbonyl (C=O) groups excluding carboxylic acids is 2. The van der Waals surface area contributed by atoms with E-state index in [4.69, 9.17) is 10.5 Å². The van der Waals surface area contributed by atoms with Crippen LogP contribution in [0.25, 0.3) is 0 Å². The van der Waals surface area contributed by atoms with Crippen LogP contribution in [0.15, 0.2) is 30.3 Å². The topological polar surface area (TPSA) is 78.6 Å². The van der Waals surface area contributed by atoms with Crippen molar-refractivity contribution < 1.29 is 19.1 Å². The molecule has 5 heteroatoms. The summed E-state index contributed by atoms with van der Waals surface area (Å²) < 4.78 is 9.51. The molecule has 0 heterocycles. The molecule has 20 heavy (non-hydrogen) atoms. The Balaban J connectivity index is 0.000000370. The van der Waals surface area contributed by atoms with Crippen molar-refractivity contribution in [1.82, 2.24) is 0 Å². The number of carbonyl (C=O) groups is 2. The number of ether oxygens (including phenoxy) is 2. The number of nitrogens with two attached hydrogens (primary N) is 1. The summed E-state index contributed by atoms with van der Waals surface area (Å²) in [7, 11) is 0. The number of hydrogen-bond donors (Lipinski definition) is 1. The highest BCUT2D eigenvalue weighted by atomic mass is 16.6. The van der Waals surface area contributed by atoms with Crippen LogP contribution < -0.4 is 5.73 Å². The van der Waals surface area contributed by atoms with Gasteiger partial charge in [0.1, 0.15) is 12.2 Å². The maximum Gasteiger partial charge on any atom is 0.404 e. The Kier molecular flexibility index (Phi) is 8.04. The fourth-order valence-electron chi connectivity index (χ4n) is 1.14. The van der Waals surface area contributed by atoms with Gasteiger partial charge in [0.05, 0.1) is 0 Å². The van der Waals surface area contributed by atoms with Crippen molar-refractivity contribution in [2.24, 2.45) is 5.73 Å². The van der Waals surface area contributed by atoms with Crippen molar-refractivity contribution in [3.8, 4) is 0 Å². The van der Waals surface area contributed by atoms with Gasteiger partial charge in [0.2, 0.25) is 0 Å². The summed E-state index contributed by atoms with van der Waals surface area (Å²) in [4.78, 5) is 20.8. The molecule has 0 saturated heterocycles. The van der Waals surface area contributed by atoms with Crippen LogP contribution in [0.5, 0.6) is 0 Å². The monoisotopic (exact) mass is 281 g/mol. The van der Waals surface area contributed by atoms with E-state index < -0.39 is 6.09 Å². The van der Waals surface area contributed by atoms with Crippen molar-refractivity contribution >= 4 is 12.1 Å². The third-order valence-corrected chi connectivity index (χ3v) is 1.93. The SMILES string of the molecule is CCC(=O)OC(C)(C)C.NC(=O)OCc1ccccc1. The molecule has 0 unspecified atom stereocenters. The first kappa shape index (κ1) is 18.0. The molecule has 0 aromatic heterocycles. The number of amides is 1. The van der Waals surface area contributed by atoms with Gasteiger partial charge >= 0.3 is 12.1 Å². The molecule has 0 spiro atoms. The zero-order chi connectivity index (χ0) is 15.6. The molecule has 2 N–H and O–H groups in total. The highest BCUT2D eigenvalue weighted by molar-refractivity contribution is 5.69. The second kappa shape index (κ2) is 8.96. The molecule has 0 atom stereocenters. The van der Waals surface area contributed by atoms with Gasteiger partial charge in [-0.25, -0.2) is 4.79 Å². The summed E-state index contributed by atoms with van der Waals surface area (Å²) in [5, 5.41) is 0. The number of primary amides is 1. The fraction of sp³-hybridized carbons (Fsp3) is 0.467. The Bertz CT molecular complexity index is 410. The van der Waals surface area contributed by atoms with Crippen LogP contribution in [0.3, 0.4) is 0 Å². The van der Waals surface area contributed by atoms with E-state index in [0.29, 0.717) is 6.42 Å². The van der Waals surface area contributed by atoms with Crippen LogP contribution in [-0.4, -0.2) is 17.7 Å². The second-order valence-corrected chi connectivity index (χ2v) is 5.03. The van der Waals surface area contributed by atoms with Gasteiger partial charge < -0.3 is 15.2 Å². The fourth-order valence-corrected chi connectivity index (χ4v) is 1.14. The zero-order valence-electron chi connectivity index (χ0n) is 12.5. The zero-order valence-corrected chi connectivity index (χ0v) is 12.5. The lowest BCUT2D eigenvalue weighted by atomic mass is 10.2. The maximum absolute atomic E-state index is 10.6. The summed E-state index contributed by atoms with van der Waals surface area (Å²) in [6.07, 6.45) is -0.286. The lowest BCUT2D eigenvalue weighted by Gasteiger charge is -2.18. The molecule has 1 aromatic carbocycles. The van der Waals surface area contributed by atoms with E-state index >= 15 is 0 Å². The molecule has 0 saturated carbocycles. The first-order valence-corrected chi connectivity index (χ1v) is 6.42. The highest BCUT2D eigenvalue weighted by Gasteiger charge is 2.13. The first-order chi connectivity index (χ1) is 9.24. The molecule has 0 aliphatic heterocycles. The predicted molar refractivity (Wildman–Crippen MR) is 77.0 cm³/mol. The molecular formula is C15H23NO4. The average molecular weight is 281 g/mol. The molecule has 1 rings (SSSR count). The van der Waals surface area contributed by atoms with Gasteiger partial charge in [-0.05, 0) is 26.3 Å². The lowest BCUT2D eigenvalue weighted by Crippen LogP contribution is -2.23. The minimum Gasteiger partial charge on any atom is -0.460 e. The molecule has 1 amide bonds. The third kappa shape index (κ3) is 11.1. The lowest BCUT2D eigenvalue weighted by molar-refractivity contribution is -0.154. The summed E-state index contributed by atoms with van der Waals surface area (Å²) in [5.41, 5.74) is 5.39. The van der Waals surface area contributed by atoms with Gasteiger partial charge in [0.25, 0.3) is 0 Å². The summed E-state index contributed by atoms with van der Waals surface area (Å²) in [6.45, 7) is 7.62. The number of benzene rings is 1. The average Bonchev–Trinajstić information content (AvgIpc) is 2.36. The Hall–Kier alpha value is -2.04. The summed E-state index contributed by atoms with van der Waals surface area (Å²) in [5.74, 6) is -0.137. The Labute approximate surface area is 120 Å². The Morgan fingerprint density at radius 3 is 2.05 bits per heavy atom. The van der Waals surface area contributed by atoms with Gasteiger partial charge in [0, 0.05) is 6.42 Å². The van der Waals surface area contributed by atoms with Crippen LogP contribution in [0.2, 0.25) is 0 Å². The molecular weight excluding hydrogens is 258 g/mol. The van der Waals surface area contributed by atoms with E-state index in [9.17, 15) is 9.59 Å². The van der Waals surface area contributed by atoms with E-state index in [2.05, 4.69) is 4.74 Å². The van der Waals surface area contributed by atoms with Gasteiger partial charge in [0.15, 0.2) is 0 Å². The molecule has 0 radical (unpaired) electrons. The molecule has 0 aliphatic rings. The number of esters is 1. The third-order valence-electron chi connectivity index (χ3n) is 1.93. The van der Waals surface area contributed by atoms with Gasteiger partial charge in [-0.1, -0.05) is 37.3 Å². The van der Waals surface area contributed by atoms with Crippen molar-refractivity contribution in [2.45, 2.75) is 46.3 Å². The summed E-state index contributed by atoms with van der Waals surface area (Å²) in [6, 6.07) is 9.37. The van der Waals surface area contributed by atoms with Gasteiger partial charge in [-0.3, -0.25) is 4.79 Å². The van der Waals surface area contributed by atoms with Gasteiger partial charge in [-0.15, -0.1) is 0 Å². The normalized spacial score (nSPS) is 10.0. The van der Waals surface area contributed by atoms with E-state index in [1.807, 2.05) is 51.1 Å². The van der Waals surface area contributed by atoms with Crippen LogP contribution in [0.4, 0.5) is 4.79 Å². The molecule has 0 bridgehead atoms. The number of hydrogen-bond acceptors (Lipinski definition) is 4. The van der Waals surface area contributed by atoms with Crippen LogP contribution in [0, 0.1) is 0 Å². The molecule has 5 nitrogen and oxygen atoms in total. The van der Waals surface area contributed by atoms with Crippen molar-refractivity contribution in [3.05, 3.63) is 35.9 Å². The Morgan fingerprint density at radius 2 is 1.70 bits per heavy atom. The van der Waals surface area contributed by atoms with E-state index in [1.165, 1.54) is 0 Å². The van der Waals surface area contributed by atoms with E-state index in [1.54, 1.807) is 6.92 Å². The smallest absolute Gasteiger partial charge is 0.404 e. The van der Waals surface area contributed by atoms with E-state index in [-0.39, 0.29) is 18.2 Å². The number of rotatable bonds is 3. The Morgan fingerprint density at radius 1 is 1.15 bits per heavy atom. The highest BCUT2D eigenvalue weighted by Crippen LogP contribution is 2.07. The second-order valence-electron chi connectivity index (χ2n) is 5.03. The van der Waals surface area contributed by atoms with Crippen molar-refractivity contribution in [3.63, 3.8) is 0 Å². The van der Waals surface area contributed by atoms with Crippen LogP contribution >= 0.6 is 0 Å². The maximum atomic E-state index is 10.6. The standard InChI is InChI=1S/C8H9NO2.C7H14O2/c9-8(10)11-6-7-4-2-1-3-5-7;1-5-6(8)9-7(2,3)4/h1-5H,6H2,(H2,9,10);5H2,1-4H3. The molecule has 0 aliphatic carbocycles. The molecule has 1 aromatic rings. The van der Waals surface area contributed by atoms with Crippen LogP contribution in [-0.2, 0) is 20.9 Å². The predicted octanol–water partition coefficient (Wildman–Crippen LogP) is 3.02. The van der Waals surface area contributed by atoms with E-state index in [0.717, 1.165) is 5.56 Å². The first-order valence-electron chi connectivity index (χ1n) is 6.42. The van der Waals surface area contributed by atoms with Crippen LogP contribution in [0.1, 0.15) is 39.7 Å². The largest absolute Gasteiger partial charge is 0.460 e. The molecule has 112 valence electrons.